The van der Waals surface area contributed by atoms with Crippen molar-refractivity contribution >= 4 is 17.7 Å². The van der Waals surface area contributed by atoms with Crippen molar-refractivity contribution in [2.75, 3.05) is 25.6 Å². The lowest BCUT2D eigenvalue weighted by atomic mass is 9.89. The fourth-order valence-electron chi connectivity index (χ4n) is 5.02. The van der Waals surface area contributed by atoms with E-state index in [0.717, 1.165) is 27.9 Å². The van der Waals surface area contributed by atoms with Gasteiger partial charge in [0.1, 0.15) is 6.61 Å². The molecule has 1 N–H and O–H groups in total. The summed E-state index contributed by atoms with van der Waals surface area (Å²) in [5.74, 6) is -1.21. The van der Waals surface area contributed by atoms with Gasteiger partial charge < -0.3 is 14.7 Å². The molecule has 0 saturated heterocycles. The Morgan fingerprint density at radius 3 is 1.89 bits per heavy atom. The van der Waals surface area contributed by atoms with Crippen molar-refractivity contribution in [2.24, 2.45) is 0 Å². The molecule has 35 heavy (non-hydrogen) atoms. The average Bonchev–Trinajstić information content (AvgIpc) is 3.16. The maximum Gasteiger partial charge on any atom is 0.411 e. The highest BCUT2D eigenvalue weighted by Gasteiger charge is 2.46. The molecule has 0 aromatic heterocycles. The Kier molecular flexibility index (Phi) is 6.57. The number of fused-ring (bicyclic) bond motifs is 3. The van der Waals surface area contributed by atoms with Gasteiger partial charge in [-0.25, -0.2) is 9.59 Å². The predicted octanol–water partition coefficient (Wildman–Crippen LogP) is 5.71. The van der Waals surface area contributed by atoms with Crippen LogP contribution in [0, 0.1) is 0 Å². The van der Waals surface area contributed by atoms with Crippen molar-refractivity contribution in [3.8, 4) is 11.1 Å². The minimum absolute atomic E-state index is 0.101. The first kappa shape index (κ1) is 24.3. The van der Waals surface area contributed by atoms with Crippen LogP contribution in [0.2, 0.25) is 0 Å². The maximum absolute atomic E-state index is 13.5. The molecule has 4 rings (SSSR count). The summed E-state index contributed by atoms with van der Waals surface area (Å²) in [5.41, 5.74) is 4.36. The van der Waals surface area contributed by atoms with Crippen molar-refractivity contribution in [3.05, 3.63) is 89.5 Å². The summed E-state index contributed by atoms with van der Waals surface area (Å²) in [4.78, 5) is 29.4. The van der Waals surface area contributed by atoms with Gasteiger partial charge in [0, 0.05) is 31.7 Å². The number of anilines is 1. The highest BCUT2D eigenvalue weighted by atomic mass is 16.6. The van der Waals surface area contributed by atoms with Crippen molar-refractivity contribution in [1.82, 2.24) is 4.90 Å². The summed E-state index contributed by atoms with van der Waals surface area (Å²) in [6.07, 6.45) is -0.650. The van der Waals surface area contributed by atoms with Gasteiger partial charge in [0.25, 0.3) is 0 Å². The van der Waals surface area contributed by atoms with Crippen molar-refractivity contribution in [1.29, 1.82) is 0 Å². The maximum atomic E-state index is 13.5. The Labute approximate surface area is 206 Å². The first-order valence-electron chi connectivity index (χ1n) is 11.8. The molecule has 3 aromatic rings. The number of hydrogen-bond acceptors (Lipinski definition) is 4. The molecule has 0 heterocycles. The zero-order valence-corrected chi connectivity index (χ0v) is 20.9. The summed E-state index contributed by atoms with van der Waals surface area (Å²) in [5, 5.41) is 10.3. The van der Waals surface area contributed by atoms with Gasteiger partial charge in [-0.05, 0) is 60.7 Å². The van der Waals surface area contributed by atoms with Gasteiger partial charge in [-0.1, -0.05) is 60.7 Å². The molecule has 1 amide bonds. The third kappa shape index (κ3) is 4.25. The first-order valence-corrected chi connectivity index (χ1v) is 11.8. The summed E-state index contributed by atoms with van der Waals surface area (Å²) < 4.78 is 5.86. The molecule has 0 radical (unpaired) electrons. The number of benzene rings is 3. The van der Waals surface area contributed by atoms with Crippen LogP contribution in [0.4, 0.5) is 10.5 Å². The number of ether oxygens (including phenoxy) is 1. The fourth-order valence-corrected chi connectivity index (χ4v) is 5.02. The molecule has 1 atom stereocenters. The molecule has 0 aliphatic heterocycles. The van der Waals surface area contributed by atoms with E-state index >= 15 is 0 Å². The van der Waals surface area contributed by atoms with Gasteiger partial charge in [0.05, 0.1) is 0 Å². The van der Waals surface area contributed by atoms with Crippen LogP contribution < -0.4 is 4.90 Å². The number of carboxylic acids is 1. The van der Waals surface area contributed by atoms with Crippen molar-refractivity contribution in [3.63, 3.8) is 0 Å². The monoisotopic (exact) mass is 472 g/mol. The van der Waals surface area contributed by atoms with E-state index in [-0.39, 0.29) is 12.5 Å². The van der Waals surface area contributed by atoms with E-state index in [0.29, 0.717) is 5.56 Å². The Morgan fingerprint density at radius 2 is 1.43 bits per heavy atom. The highest BCUT2D eigenvalue weighted by Crippen LogP contribution is 2.44. The number of nitrogens with zero attached hydrogens (tertiary/aromatic N) is 2. The van der Waals surface area contributed by atoms with E-state index in [1.54, 1.807) is 32.9 Å². The van der Waals surface area contributed by atoms with Gasteiger partial charge in [-0.3, -0.25) is 4.90 Å². The van der Waals surface area contributed by atoms with Crippen LogP contribution in [-0.4, -0.2) is 48.8 Å². The van der Waals surface area contributed by atoms with E-state index < -0.39 is 23.6 Å². The van der Waals surface area contributed by atoms with E-state index in [1.807, 2.05) is 55.4 Å². The lowest BCUT2D eigenvalue weighted by molar-refractivity contribution is -0.151. The van der Waals surface area contributed by atoms with Crippen LogP contribution in [0.3, 0.4) is 0 Å². The van der Waals surface area contributed by atoms with Crippen LogP contribution in [0.25, 0.3) is 11.1 Å². The SMILES string of the molecule is CC(C)N(C(=O)OCC1c2ccccc2-c2ccccc21)C(C)(C(=O)O)c1ccc(N(C)C)cc1. The summed E-state index contributed by atoms with van der Waals surface area (Å²) in [7, 11) is 3.84. The van der Waals surface area contributed by atoms with E-state index in [4.69, 9.17) is 4.74 Å². The fraction of sp³-hybridized carbons (Fsp3) is 0.310. The first-order chi connectivity index (χ1) is 16.7. The molecule has 6 nitrogen and oxygen atoms in total. The Bertz CT molecular complexity index is 1190. The zero-order chi connectivity index (χ0) is 25.3. The molecule has 0 bridgehead atoms. The second-order valence-electron chi connectivity index (χ2n) is 9.59. The van der Waals surface area contributed by atoms with Crippen molar-refractivity contribution in [2.45, 2.75) is 38.3 Å². The topological polar surface area (TPSA) is 70.1 Å². The van der Waals surface area contributed by atoms with Crippen LogP contribution in [0.5, 0.6) is 0 Å². The molecule has 1 aliphatic carbocycles. The number of hydrogen-bond donors (Lipinski definition) is 1. The molecule has 1 aliphatic rings. The molecular formula is C29H32N2O4. The van der Waals surface area contributed by atoms with Crippen LogP contribution in [0.15, 0.2) is 72.8 Å². The van der Waals surface area contributed by atoms with Gasteiger partial charge in [-0.2, -0.15) is 0 Å². The minimum atomic E-state index is -1.60. The third-order valence-corrected chi connectivity index (χ3v) is 6.89. The minimum Gasteiger partial charge on any atom is -0.479 e. The number of rotatable bonds is 7. The Morgan fingerprint density at radius 1 is 0.914 bits per heavy atom. The third-order valence-electron chi connectivity index (χ3n) is 6.89. The number of carbonyl (C=O) groups excluding carboxylic acids is 1. The standard InChI is InChI=1S/C29H32N2O4/c1-19(2)31(29(3,27(32)33)20-14-16-21(17-15-20)30(4)5)28(34)35-18-26-24-12-8-6-10-22(24)23-11-7-9-13-25(23)26/h6-17,19,26H,18H2,1-5H3,(H,32,33). The highest BCUT2D eigenvalue weighted by molar-refractivity contribution is 5.86. The predicted molar refractivity (Wildman–Crippen MR) is 138 cm³/mol. The lowest BCUT2D eigenvalue weighted by Crippen LogP contribution is -2.56. The molecular weight excluding hydrogens is 440 g/mol. The molecule has 1 unspecified atom stereocenters. The Hall–Kier alpha value is -3.80. The quantitative estimate of drug-likeness (QED) is 0.477. The van der Waals surface area contributed by atoms with Crippen molar-refractivity contribution < 1.29 is 19.4 Å². The van der Waals surface area contributed by atoms with E-state index in [2.05, 4.69) is 24.3 Å². The molecule has 0 saturated carbocycles. The van der Waals surface area contributed by atoms with Crippen LogP contribution in [-0.2, 0) is 15.1 Å². The number of carbonyl (C=O) groups is 2. The second-order valence-corrected chi connectivity index (χ2v) is 9.59. The smallest absolute Gasteiger partial charge is 0.411 e. The van der Waals surface area contributed by atoms with Gasteiger partial charge in [-0.15, -0.1) is 0 Å². The molecule has 6 heteroatoms. The molecule has 3 aromatic carbocycles. The molecule has 0 fully saturated rings. The largest absolute Gasteiger partial charge is 0.479 e. The molecule has 182 valence electrons. The molecule has 0 spiro atoms. The lowest BCUT2D eigenvalue weighted by Gasteiger charge is -2.40. The van der Waals surface area contributed by atoms with E-state index in [1.165, 1.54) is 4.90 Å². The summed E-state index contributed by atoms with van der Waals surface area (Å²) in [6, 6.07) is 23.1. The van der Waals surface area contributed by atoms with Gasteiger partial charge >= 0.3 is 12.1 Å². The van der Waals surface area contributed by atoms with Crippen LogP contribution >= 0.6 is 0 Å². The van der Waals surface area contributed by atoms with Crippen LogP contribution in [0.1, 0.15) is 43.4 Å². The van der Waals surface area contributed by atoms with Gasteiger partial charge in [0.15, 0.2) is 5.54 Å². The summed E-state index contributed by atoms with van der Waals surface area (Å²) in [6.45, 7) is 5.29. The number of carboxylic acid groups (broad SMARTS) is 1. The van der Waals surface area contributed by atoms with E-state index in [9.17, 15) is 14.7 Å². The number of aliphatic carboxylic acids is 1. The Balaban J connectivity index is 1.63. The normalized spacial score (nSPS) is 14.1. The second kappa shape index (κ2) is 9.45. The van der Waals surface area contributed by atoms with Gasteiger partial charge in [0.2, 0.25) is 0 Å². The zero-order valence-electron chi connectivity index (χ0n) is 20.9. The average molecular weight is 473 g/mol. The number of amides is 1. The summed E-state index contributed by atoms with van der Waals surface area (Å²) >= 11 is 0.